The van der Waals surface area contributed by atoms with E-state index in [4.69, 9.17) is 4.74 Å². The Morgan fingerprint density at radius 3 is 2.77 bits per heavy atom. The molecule has 0 aromatic heterocycles. The van der Waals surface area contributed by atoms with Crippen molar-refractivity contribution in [2.24, 2.45) is 0 Å². The molecule has 0 amide bonds. The van der Waals surface area contributed by atoms with Crippen LogP contribution in [0, 0.1) is 0 Å². The van der Waals surface area contributed by atoms with E-state index in [1.807, 2.05) is 11.8 Å². The molecule has 2 rings (SSSR count). The smallest absolute Gasteiger partial charge is 0.174 e. The Bertz CT molecular complexity index is 181. The van der Waals surface area contributed by atoms with Crippen LogP contribution in [0.15, 0.2) is 0 Å². The summed E-state index contributed by atoms with van der Waals surface area (Å²) in [6, 6.07) is 0. The monoisotopic (exact) mass is 200 g/mol. The second kappa shape index (κ2) is 4.47. The van der Waals surface area contributed by atoms with Crippen LogP contribution in [0.1, 0.15) is 32.1 Å². The van der Waals surface area contributed by atoms with Crippen molar-refractivity contribution in [2.45, 2.75) is 43.5 Å². The topological polar surface area (TPSA) is 26.3 Å². The van der Waals surface area contributed by atoms with Crippen molar-refractivity contribution in [1.29, 1.82) is 0 Å². The molecule has 0 radical (unpaired) electrons. The molecule has 0 aromatic carbocycles. The SMILES string of the molecule is O=C(C1CCCO1)C1CCCCS1. The molecule has 3 heteroatoms. The molecule has 0 aromatic rings. The van der Waals surface area contributed by atoms with E-state index in [1.54, 1.807) is 0 Å². The number of carbonyl (C=O) groups is 1. The summed E-state index contributed by atoms with van der Waals surface area (Å²) >= 11 is 1.83. The highest BCUT2D eigenvalue weighted by atomic mass is 32.2. The second-order valence-electron chi connectivity index (χ2n) is 3.76. The summed E-state index contributed by atoms with van der Waals surface area (Å²) in [5.74, 6) is 1.52. The Kier molecular flexibility index (Phi) is 3.28. The van der Waals surface area contributed by atoms with E-state index >= 15 is 0 Å². The van der Waals surface area contributed by atoms with Gasteiger partial charge in [-0.2, -0.15) is 11.8 Å². The van der Waals surface area contributed by atoms with Crippen molar-refractivity contribution in [1.82, 2.24) is 0 Å². The molecular formula is C10H16O2S. The van der Waals surface area contributed by atoms with Gasteiger partial charge in [0.1, 0.15) is 6.10 Å². The molecule has 2 aliphatic rings. The van der Waals surface area contributed by atoms with Gasteiger partial charge in [0.2, 0.25) is 0 Å². The second-order valence-corrected chi connectivity index (χ2v) is 5.07. The number of rotatable bonds is 2. The first-order valence-electron chi connectivity index (χ1n) is 5.15. The lowest BCUT2D eigenvalue weighted by Crippen LogP contribution is -2.31. The lowest BCUT2D eigenvalue weighted by Gasteiger charge is -2.22. The maximum atomic E-state index is 11.9. The van der Waals surface area contributed by atoms with Crippen LogP contribution in [0.25, 0.3) is 0 Å². The van der Waals surface area contributed by atoms with Gasteiger partial charge in [0.05, 0.1) is 5.25 Å². The predicted octanol–water partition coefficient (Wildman–Crippen LogP) is 2.02. The van der Waals surface area contributed by atoms with Crippen LogP contribution in [0.3, 0.4) is 0 Å². The van der Waals surface area contributed by atoms with E-state index in [2.05, 4.69) is 0 Å². The molecule has 2 unspecified atom stereocenters. The average molecular weight is 200 g/mol. The number of hydrogen-bond donors (Lipinski definition) is 0. The maximum Gasteiger partial charge on any atom is 0.174 e. The Morgan fingerprint density at radius 2 is 2.15 bits per heavy atom. The van der Waals surface area contributed by atoms with Crippen molar-refractivity contribution in [3.63, 3.8) is 0 Å². The standard InChI is InChI=1S/C10H16O2S/c11-10(8-4-3-6-12-8)9-5-1-2-7-13-9/h8-9H,1-7H2. The minimum Gasteiger partial charge on any atom is -0.370 e. The molecule has 2 saturated heterocycles. The lowest BCUT2D eigenvalue weighted by molar-refractivity contribution is -0.127. The van der Waals surface area contributed by atoms with E-state index in [1.165, 1.54) is 12.8 Å². The number of hydrogen-bond acceptors (Lipinski definition) is 3. The van der Waals surface area contributed by atoms with Gasteiger partial charge in [-0.05, 0) is 31.4 Å². The molecule has 13 heavy (non-hydrogen) atoms. The third-order valence-electron chi connectivity index (χ3n) is 2.74. The highest BCUT2D eigenvalue weighted by Crippen LogP contribution is 2.28. The first kappa shape index (κ1) is 9.53. The minimum atomic E-state index is -0.0596. The fraction of sp³-hybridized carbons (Fsp3) is 0.900. The van der Waals surface area contributed by atoms with Gasteiger partial charge in [0.15, 0.2) is 5.78 Å². The van der Waals surface area contributed by atoms with Crippen molar-refractivity contribution in [3.8, 4) is 0 Å². The molecule has 2 aliphatic heterocycles. The van der Waals surface area contributed by atoms with E-state index in [0.717, 1.165) is 31.6 Å². The Balaban J connectivity index is 1.87. The van der Waals surface area contributed by atoms with Crippen LogP contribution in [0.5, 0.6) is 0 Å². The van der Waals surface area contributed by atoms with Crippen LogP contribution in [-0.4, -0.2) is 29.5 Å². The molecule has 0 aliphatic carbocycles. The quantitative estimate of drug-likeness (QED) is 0.682. The van der Waals surface area contributed by atoms with E-state index < -0.39 is 0 Å². The first-order valence-corrected chi connectivity index (χ1v) is 6.20. The van der Waals surface area contributed by atoms with Crippen LogP contribution >= 0.6 is 11.8 Å². The van der Waals surface area contributed by atoms with Gasteiger partial charge in [0.25, 0.3) is 0 Å². The van der Waals surface area contributed by atoms with Crippen LogP contribution < -0.4 is 0 Å². The molecule has 74 valence electrons. The van der Waals surface area contributed by atoms with Crippen LogP contribution in [-0.2, 0) is 9.53 Å². The zero-order valence-electron chi connectivity index (χ0n) is 7.83. The maximum absolute atomic E-state index is 11.9. The molecule has 2 atom stereocenters. The largest absolute Gasteiger partial charge is 0.370 e. The van der Waals surface area contributed by atoms with Crippen LogP contribution in [0.4, 0.5) is 0 Å². The number of ketones is 1. The third-order valence-corrected chi connectivity index (χ3v) is 4.14. The predicted molar refractivity (Wildman–Crippen MR) is 54.1 cm³/mol. The molecule has 0 spiro atoms. The lowest BCUT2D eigenvalue weighted by atomic mass is 10.0. The number of carbonyl (C=O) groups excluding carboxylic acids is 1. The van der Waals surface area contributed by atoms with Gasteiger partial charge < -0.3 is 4.74 Å². The summed E-state index contributed by atoms with van der Waals surface area (Å²) in [6.07, 6.45) is 5.53. The minimum absolute atomic E-state index is 0.0596. The van der Waals surface area contributed by atoms with Gasteiger partial charge in [-0.3, -0.25) is 4.79 Å². The summed E-state index contributed by atoms with van der Waals surface area (Å²) in [6.45, 7) is 0.786. The third kappa shape index (κ3) is 2.26. The Hall–Kier alpha value is -0.0200. The molecule has 0 saturated carbocycles. The highest BCUT2D eigenvalue weighted by molar-refractivity contribution is 8.00. The van der Waals surface area contributed by atoms with Crippen molar-refractivity contribution in [2.75, 3.05) is 12.4 Å². The Morgan fingerprint density at radius 1 is 1.23 bits per heavy atom. The normalized spacial score (nSPS) is 34.8. The van der Waals surface area contributed by atoms with E-state index in [0.29, 0.717) is 5.78 Å². The molecule has 0 N–H and O–H groups in total. The fourth-order valence-electron chi connectivity index (χ4n) is 1.97. The van der Waals surface area contributed by atoms with E-state index in [9.17, 15) is 4.79 Å². The summed E-state index contributed by atoms with van der Waals surface area (Å²) in [5, 5.41) is 0.247. The summed E-state index contributed by atoms with van der Waals surface area (Å²) in [7, 11) is 0. The average Bonchev–Trinajstić information content (AvgIpc) is 2.71. The van der Waals surface area contributed by atoms with Crippen LogP contribution in [0.2, 0.25) is 0 Å². The Labute approximate surface area is 83.4 Å². The van der Waals surface area contributed by atoms with Gasteiger partial charge in [-0.1, -0.05) is 6.42 Å². The molecule has 2 nitrogen and oxygen atoms in total. The molecular weight excluding hydrogens is 184 g/mol. The zero-order valence-corrected chi connectivity index (χ0v) is 8.65. The van der Waals surface area contributed by atoms with E-state index in [-0.39, 0.29) is 11.4 Å². The molecule has 0 bridgehead atoms. The van der Waals surface area contributed by atoms with Gasteiger partial charge in [-0.25, -0.2) is 0 Å². The molecule has 2 heterocycles. The van der Waals surface area contributed by atoms with Gasteiger partial charge in [0, 0.05) is 6.61 Å². The summed E-state index contributed by atoms with van der Waals surface area (Å²) in [4.78, 5) is 11.9. The highest BCUT2D eigenvalue weighted by Gasteiger charge is 2.31. The fourth-order valence-corrected chi connectivity index (χ4v) is 3.28. The number of ether oxygens (including phenoxy) is 1. The van der Waals surface area contributed by atoms with Crippen molar-refractivity contribution >= 4 is 17.5 Å². The first-order chi connectivity index (χ1) is 6.38. The zero-order chi connectivity index (χ0) is 9.10. The molecule has 2 fully saturated rings. The summed E-state index contributed by atoms with van der Waals surface area (Å²) in [5.41, 5.74) is 0. The number of Topliss-reactive ketones (excluding diaryl/α,β-unsaturated/α-hetero) is 1. The van der Waals surface area contributed by atoms with Crippen molar-refractivity contribution in [3.05, 3.63) is 0 Å². The summed E-state index contributed by atoms with van der Waals surface area (Å²) < 4.78 is 5.41. The van der Waals surface area contributed by atoms with Gasteiger partial charge >= 0.3 is 0 Å². The van der Waals surface area contributed by atoms with Crippen molar-refractivity contribution < 1.29 is 9.53 Å². The van der Waals surface area contributed by atoms with Gasteiger partial charge in [-0.15, -0.1) is 0 Å². The number of thioether (sulfide) groups is 1.